The van der Waals surface area contributed by atoms with E-state index in [-0.39, 0.29) is 6.67 Å². The van der Waals surface area contributed by atoms with Crippen LogP contribution in [0, 0.1) is 0 Å². The summed E-state index contributed by atoms with van der Waals surface area (Å²) in [5, 5.41) is 0.791. The molecule has 0 saturated carbocycles. The molecule has 1 atom stereocenters. The maximum Gasteiger partial charge on any atom is 0.414 e. The van der Waals surface area contributed by atoms with E-state index in [0.29, 0.717) is 11.9 Å². The fourth-order valence-corrected chi connectivity index (χ4v) is 1.12. The summed E-state index contributed by atoms with van der Waals surface area (Å²) >= 11 is 0.663. The molecule has 1 fully saturated rings. The Labute approximate surface area is 54.3 Å². The van der Waals surface area contributed by atoms with Crippen LogP contribution in [0.2, 0.25) is 0 Å². The molecule has 9 heavy (non-hydrogen) atoms. The van der Waals surface area contributed by atoms with Crippen LogP contribution in [0.25, 0.3) is 0 Å². The first kappa shape index (κ1) is 7.17. The van der Waals surface area contributed by atoms with E-state index in [1.165, 1.54) is 0 Å². The molecule has 6 heteroatoms. The van der Waals surface area contributed by atoms with E-state index in [1.54, 1.807) is 0 Å². The molecule has 1 rings (SSSR count). The molecule has 1 saturated heterocycles. The van der Waals surface area contributed by atoms with Crippen molar-refractivity contribution in [2.75, 3.05) is 6.67 Å². The van der Waals surface area contributed by atoms with Crippen molar-refractivity contribution in [3.8, 4) is 0 Å². The highest BCUT2D eigenvalue weighted by molar-refractivity contribution is 7.98. The molecular weight excluding hydrogens is 153 g/mol. The summed E-state index contributed by atoms with van der Waals surface area (Å²) in [5.41, 5.74) is 0. The lowest BCUT2D eigenvalue weighted by Gasteiger charge is -2.11. The molecule has 0 bridgehead atoms. The van der Waals surface area contributed by atoms with Gasteiger partial charge < -0.3 is 0 Å². The van der Waals surface area contributed by atoms with Gasteiger partial charge in [0.05, 0.1) is 6.67 Å². The lowest BCUT2D eigenvalue weighted by atomic mass is 10.6. The standard InChI is InChI=1S/C3H5F3N2S/c4-3(5,6)2-7-1-8-9-2/h2,7-8H,1H2. The van der Waals surface area contributed by atoms with E-state index in [9.17, 15) is 13.2 Å². The second kappa shape index (κ2) is 2.36. The second-order valence-electron chi connectivity index (χ2n) is 1.56. The SMILES string of the molecule is FC(F)(F)C1NCNS1. The van der Waals surface area contributed by atoms with E-state index in [0.717, 1.165) is 0 Å². The van der Waals surface area contributed by atoms with E-state index in [4.69, 9.17) is 0 Å². The highest BCUT2D eigenvalue weighted by Gasteiger charge is 2.42. The number of hydrogen-bond acceptors (Lipinski definition) is 3. The molecule has 1 unspecified atom stereocenters. The van der Waals surface area contributed by atoms with Crippen molar-refractivity contribution in [2.45, 2.75) is 11.6 Å². The Morgan fingerprint density at radius 3 is 2.33 bits per heavy atom. The van der Waals surface area contributed by atoms with Crippen molar-refractivity contribution in [1.29, 1.82) is 0 Å². The minimum atomic E-state index is -4.13. The molecule has 0 aromatic carbocycles. The fraction of sp³-hybridized carbons (Fsp3) is 1.00. The van der Waals surface area contributed by atoms with Gasteiger partial charge in [0.2, 0.25) is 0 Å². The normalized spacial score (nSPS) is 29.0. The van der Waals surface area contributed by atoms with Gasteiger partial charge in [0.15, 0.2) is 5.37 Å². The Kier molecular flexibility index (Phi) is 1.88. The van der Waals surface area contributed by atoms with Crippen LogP contribution in [0.1, 0.15) is 0 Å². The van der Waals surface area contributed by atoms with Crippen molar-refractivity contribution in [3.05, 3.63) is 0 Å². The van der Waals surface area contributed by atoms with E-state index in [1.807, 2.05) is 0 Å². The summed E-state index contributed by atoms with van der Waals surface area (Å²) in [6.45, 7) is 0.217. The average Bonchev–Trinajstić information content (AvgIpc) is 2.08. The first-order valence-electron chi connectivity index (χ1n) is 2.29. The van der Waals surface area contributed by atoms with Crippen molar-refractivity contribution in [3.63, 3.8) is 0 Å². The summed E-state index contributed by atoms with van der Waals surface area (Å²) in [6.07, 6.45) is -4.13. The lowest BCUT2D eigenvalue weighted by molar-refractivity contribution is -0.132. The topological polar surface area (TPSA) is 24.1 Å². The average molecular weight is 158 g/mol. The fourth-order valence-electron chi connectivity index (χ4n) is 0.484. The van der Waals surface area contributed by atoms with Gasteiger partial charge in [-0.25, -0.2) is 4.72 Å². The number of nitrogens with one attached hydrogen (secondary N) is 2. The Balaban J connectivity index is 2.42. The molecule has 0 spiro atoms. The summed E-state index contributed by atoms with van der Waals surface area (Å²) < 4.78 is 37.4. The van der Waals surface area contributed by atoms with E-state index in [2.05, 4.69) is 10.0 Å². The molecule has 1 aliphatic heterocycles. The molecule has 1 heterocycles. The zero-order chi connectivity index (χ0) is 6.91. The first-order chi connectivity index (χ1) is 4.11. The summed E-state index contributed by atoms with van der Waals surface area (Å²) in [4.78, 5) is 0. The second-order valence-corrected chi connectivity index (χ2v) is 2.56. The Morgan fingerprint density at radius 1 is 1.44 bits per heavy atom. The molecule has 0 aromatic heterocycles. The third kappa shape index (κ3) is 1.74. The largest absolute Gasteiger partial charge is 0.414 e. The quantitative estimate of drug-likeness (QED) is 0.507. The highest BCUT2D eigenvalue weighted by atomic mass is 32.2. The van der Waals surface area contributed by atoms with Gasteiger partial charge in [-0.1, -0.05) is 11.9 Å². The maximum atomic E-state index is 11.6. The smallest absolute Gasteiger partial charge is 0.283 e. The van der Waals surface area contributed by atoms with Crippen LogP contribution in [0.5, 0.6) is 0 Å². The molecule has 0 radical (unpaired) electrons. The van der Waals surface area contributed by atoms with Gasteiger partial charge in [0.1, 0.15) is 0 Å². The van der Waals surface area contributed by atoms with Crippen molar-refractivity contribution in [1.82, 2.24) is 10.0 Å². The van der Waals surface area contributed by atoms with Crippen molar-refractivity contribution < 1.29 is 13.2 Å². The molecule has 0 aromatic rings. The van der Waals surface area contributed by atoms with Gasteiger partial charge in [0.25, 0.3) is 0 Å². The Bertz CT molecular complexity index is 97.7. The summed E-state index contributed by atoms with van der Waals surface area (Å²) in [5.74, 6) is 0. The minimum Gasteiger partial charge on any atom is -0.283 e. The molecular formula is C3H5F3N2S. The molecule has 1 aliphatic rings. The number of alkyl halides is 3. The Morgan fingerprint density at radius 2 is 2.11 bits per heavy atom. The van der Waals surface area contributed by atoms with Gasteiger partial charge in [-0.3, -0.25) is 5.32 Å². The zero-order valence-electron chi connectivity index (χ0n) is 4.33. The van der Waals surface area contributed by atoms with Gasteiger partial charge in [-0.05, 0) is 0 Å². The summed E-state index contributed by atoms with van der Waals surface area (Å²) in [6, 6.07) is 0. The number of halogens is 3. The Hall–Kier alpha value is 0.0600. The van der Waals surface area contributed by atoms with Gasteiger partial charge in [-0.2, -0.15) is 13.2 Å². The lowest BCUT2D eigenvalue weighted by Crippen LogP contribution is -2.35. The van der Waals surface area contributed by atoms with E-state index >= 15 is 0 Å². The first-order valence-corrected chi connectivity index (χ1v) is 3.17. The molecule has 2 N–H and O–H groups in total. The monoisotopic (exact) mass is 158 g/mol. The predicted molar refractivity (Wildman–Crippen MR) is 28.6 cm³/mol. The van der Waals surface area contributed by atoms with Crippen LogP contribution in [0.15, 0.2) is 0 Å². The van der Waals surface area contributed by atoms with Crippen LogP contribution >= 0.6 is 11.9 Å². The van der Waals surface area contributed by atoms with Gasteiger partial charge in [-0.15, -0.1) is 0 Å². The van der Waals surface area contributed by atoms with Crippen molar-refractivity contribution >= 4 is 11.9 Å². The third-order valence-electron chi connectivity index (χ3n) is 0.858. The minimum absolute atomic E-state index is 0.217. The number of hydrogen-bond donors (Lipinski definition) is 2. The third-order valence-corrected chi connectivity index (χ3v) is 1.84. The summed E-state index contributed by atoms with van der Waals surface area (Å²) in [7, 11) is 0. The molecule has 0 amide bonds. The molecule has 2 nitrogen and oxygen atoms in total. The van der Waals surface area contributed by atoms with Crippen LogP contribution in [0.3, 0.4) is 0 Å². The van der Waals surface area contributed by atoms with Crippen molar-refractivity contribution in [2.24, 2.45) is 0 Å². The molecule has 54 valence electrons. The molecule has 0 aliphatic carbocycles. The van der Waals surface area contributed by atoms with E-state index < -0.39 is 11.6 Å². The highest BCUT2D eigenvalue weighted by Crippen LogP contribution is 2.28. The van der Waals surface area contributed by atoms with Crippen LogP contribution in [-0.2, 0) is 0 Å². The number of rotatable bonds is 0. The zero-order valence-corrected chi connectivity index (χ0v) is 5.14. The van der Waals surface area contributed by atoms with Gasteiger partial charge in [0, 0.05) is 0 Å². The predicted octanol–water partition coefficient (Wildman–Crippen LogP) is 0.673. The maximum absolute atomic E-state index is 11.6. The van der Waals surface area contributed by atoms with Crippen LogP contribution in [-0.4, -0.2) is 18.2 Å². The van der Waals surface area contributed by atoms with Crippen LogP contribution in [0.4, 0.5) is 13.2 Å². The van der Waals surface area contributed by atoms with Crippen LogP contribution < -0.4 is 10.0 Å². The van der Waals surface area contributed by atoms with Gasteiger partial charge >= 0.3 is 6.18 Å².